The van der Waals surface area contributed by atoms with Crippen molar-refractivity contribution in [3.63, 3.8) is 0 Å². The fourth-order valence-corrected chi connectivity index (χ4v) is 5.72. The van der Waals surface area contributed by atoms with E-state index in [9.17, 15) is 4.79 Å². The van der Waals surface area contributed by atoms with Crippen molar-refractivity contribution in [2.24, 2.45) is 0 Å². The van der Waals surface area contributed by atoms with Crippen LogP contribution in [-0.2, 0) is 5.75 Å². The molecule has 11 heteroatoms. The number of thioether (sulfide) groups is 1. The summed E-state index contributed by atoms with van der Waals surface area (Å²) in [4.78, 5) is 19.0. The Morgan fingerprint density at radius 1 is 1.19 bits per heavy atom. The number of hydrogen-bond acceptors (Lipinski definition) is 7. The second-order valence-electron chi connectivity index (χ2n) is 7.13. The summed E-state index contributed by atoms with van der Waals surface area (Å²) in [6.45, 7) is 1.61. The van der Waals surface area contributed by atoms with Crippen molar-refractivity contribution in [1.82, 2.24) is 24.6 Å². The van der Waals surface area contributed by atoms with Gasteiger partial charge in [-0.15, -0.1) is 21.5 Å². The van der Waals surface area contributed by atoms with Gasteiger partial charge < -0.3 is 9.32 Å². The van der Waals surface area contributed by atoms with Gasteiger partial charge in [-0.25, -0.2) is 4.98 Å². The van der Waals surface area contributed by atoms with E-state index in [1.54, 1.807) is 24.5 Å². The average molecular weight is 506 g/mol. The quantitative estimate of drug-likeness (QED) is 0.307. The lowest BCUT2D eigenvalue weighted by Crippen LogP contribution is -2.27. The molecule has 3 aromatic heterocycles. The summed E-state index contributed by atoms with van der Waals surface area (Å²) in [5.74, 6) is 1.65. The number of benzene rings is 1. The van der Waals surface area contributed by atoms with Gasteiger partial charge in [0.2, 0.25) is 5.82 Å². The number of halogens is 2. The first-order valence-corrected chi connectivity index (χ1v) is 12.5. The number of amides is 1. The van der Waals surface area contributed by atoms with Crippen LogP contribution >= 0.6 is 46.3 Å². The molecule has 0 N–H and O–H groups in total. The number of hydrogen-bond donors (Lipinski definition) is 0. The van der Waals surface area contributed by atoms with Crippen LogP contribution in [-0.4, -0.2) is 43.6 Å². The van der Waals surface area contributed by atoms with Gasteiger partial charge >= 0.3 is 0 Å². The molecule has 0 spiro atoms. The lowest BCUT2D eigenvalue weighted by Gasteiger charge is -2.12. The maximum atomic E-state index is 12.6. The molecule has 0 unspecified atom stereocenters. The molecule has 164 valence electrons. The lowest BCUT2D eigenvalue weighted by molar-refractivity contribution is 0.0787. The SMILES string of the molecule is O=C(c1csc(CSc2nnc(-c3ccco3)n2-c2ccc(Cl)cc2Cl)n1)N1CCCC1. The second kappa shape index (κ2) is 9.27. The Morgan fingerprint density at radius 3 is 2.78 bits per heavy atom. The van der Waals surface area contributed by atoms with E-state index >= 15 is 0 Å². The Labute approximate surface area is 202 Å². The molecule has 1 aliphatic rings. The highest BCUT2D eigenvalue weighted by molar-refractivity contribution is 7.98. The zero-order chi connectivity index (χ0) is 22.1. The molecule has 4 heterocycles. The molecule has 1 fully saturated rings. The third-order valence-electron chi connectivity index (χ3n) is 5.01. The fourth-order valence-electron chi connectivity index (χ4n) is 3.49. The van der Waals surface area contributed by atoms with Crippen molar-refractivity contribution in [1.29, 1.82) is 0 Å². The molecule has 5 rings (SSSR count). The molecular formula is C21H17Cl2N5O2S2. The van der Waals surface area contributed by atoms with E-state index in [0.29, 0.717) is 43.9 Å². The fraction of sp³-hybridized carbons (Fsp3) is 0.238. The van der Waals surface area contributed by atoms with Crippen molar-refractivity contribution < 1.29 is 9.21 Å². The monoisotopic (exact) mass is 505 g/mol. The average Bonchev–Trinajstić information content (AvgIpc) is 3.59. The first-order chi connectivity index (χ1) is 15.6. The van der Waals surface area contributed by atoms with Gasteiger partial charge in [0.1, 0.15) is 10.7 Å². The maximum Gasteiger partial charge on any atom is 0.273 e. The Morgan fingerprint density at radius 2 is 2.03 bits per heavy atom. The molecule has 1 aromatic carbocycles. The number of nitrogens with zero attached hydrogens (tertiary/aromatic N) is 5. The molecule has 0 bridgehead atoms. The minimum Gasteiger partial charge on any atom is -0.461 e. The van der Waals surface area contributed by atoms with Crippen LogP contribution in [0.25, 0.3) is 17.3 Å². The van der Waals surface area contributed by atoms with Crippen LogP contribution in [0.2, 0.25) is 10.0 Å². The molecule has 7 nitrogen and oxygen atoms in total. The number of furan rings is 1. The van der Waals surface area contributed by atoms with Gasteiger partial charge in [0, 0.05) is 23.5 Å². The smallest absolute Gasteiger partial charge is 0.273 e. The van der Waals surface area contributed by atoms with Crippen molar-refractivity contribution in [2.75, 3.05) is 13.1 Å². The maximum absolute atomic E-state index is 12.6. The van der Waals surface area contributed by atoms with Gasteiger partial charge in [-0.1, -0.05) is 35.0 Å². The zero-order valence-electron chi connectivity index (χ0n) is 16.7. The Hall–Kier alpha value is -2.33. The highest BCUT2D eigenvalue weighted by Gasteiger charge is 2.23. The van der Waals surface area contributed by atoms with Crippen molar-refractivity contribution >= 4 is 52.2 Å². The Bertz CT molecular complexity index is 1250. The summed E-state index contributed by atoms with van der Waals surface area (Å²) in [5.41, 5.74) is 1.20. The molecule has 0 saturated carbocycles. The van der Waals surface area contributed by atoms with E-state index in [1.165, 1.54) is 23.1 Å². The third-order valence-corrected chi connectivity index (χ3v) is 7.52. The minimum atomic E-state index is 0.00576. The molecule has 4 aromatic rings. The lowest BCUT2D eigenvalue weighted by atomic mass is 10.3. The van der Waals surface area contributed by atoms with Crippen LogP contribution in [0.3, 0.4) is 0 Å². The first-order valence-electron chi connectivity index (χ1n) is 9.91. The van der Waals surface area contributed by atoms with Gasteiger partial charge in [0.05, 0.1) is 22.7 Å². The van der Waals surface area contributed by atoms with E-state index in [1.807, 2.05) is 27.0 Å². The van der Waals surface area contributed by atoms with Crippen LogP contribution in [0.1, 0.15) is 28.3 Å². The van der Waals surface area contributed by atoms with E-state index < -0.39 is 0 Å². The van der Waals surface area contributed by atoms with E-state index in [-0.39, 0.29) is 5.91 Å². The number of rotatable bonds is 6. The van der Waals surface area contributed by atoms with Crippen molar-refractivity contribution in [2.45, 2.75) is 23.8 Å². The predicted molar refractivity (Wildman–Crippen MR) is 126 cm³/mol. The number of carbonyl (C=O) groups is 1. The second-order valence-corrected chi connectivity index (χ2v) is 9.86. The van der Waals surface area contributed by atoms with Crippen LogP contribution in [0.4, 0.5) is 0 Å². The van der Waals surface area contributed by atoms with Gasteiger partial charge in [-0.2, -0.15) is 0 Å². The molecule has 0 aliphatic carbocycles. The largest absolute Gasteiger partial charge is 0.461 e. The summed E-state index contributed by atoms with van der Waals surface area (Å²) in [5, 5.41) is 13.0. The number of aromatic nitrogens is 4. The van der Waals surface area contributed by atoms with Crippen LogP contribution in [0, 0.1) is 0 Å². The summed E-state index contributed by atoms with van der Waals surface area (Å²) in [6, 6.07) is 8.87. The number of carbonyl (C=O) groups excluding carboxylic acids is 1. The normalized spacial score (nSPS) is 13.8. The van der Waals surface area contributed by atoms with E-state index in [0.717, 1.165) is 30.9 Å². The summed E-state index contributed by atoms with van der Waals surface area (Å²) in [6.07, 6.45) is 3.69. The van der Waals surface area contributed by atoms with E-state index in [2.05, 4.69) is 15.2 Å². The van der Waals surface area contributed by atoms with Crippen molar-refractivity contribution in [3.8, 4) is 17.3 Å². The number of thiazole rings is 1. The number of likely N-dealkylation sites (tertiary alicyclic amines) is 1. The summed E-state index contributed by atoms with van der Waals surface area (Å²) < 4.78 is 7.39. The van der Waals surface area contributed by atoms with Gasteiger partial charge in [0.25, 0.3) is 5.91 Å². The third kappa shape index (κ3) is 4.30. The Kier molecular flexibility index (Phi) is 6.23. The summed E-state index contributed by atoms with van der Waals surface area (Å²) in [7, 11) is 0. The van der Waals surface area contributed by atoms with Gasteiger partial charge in [-0.05, 0) is 43.2 Å². The highest BCUT2D eigenvalue weighted by Crippen LogP contribution is 2.34. The predicted octanol–water partition coefficient (Wildman–Crippen LogP) is 5.82. The summed E-state index contributed by atoms with van der Waals surface area (Å²) >= 11 is 15.5. The minimum absolute atomic E-state index is 0.00576. The molecule has 1 saturated heterocycles. The van der Waals surface area contributed by atoms with E-state index in [4.69, 9.17) is 27.6 Å². The first kappa shape index (κ1) is 21.5. The molecule has 0 radical (unpaired) electrons. The van der Waals surface area contributed by atoms with Crippen molar-refractivity contribution in [3.05, 3.63) is 62.7 Å². The van der Waals surface area contributed by atoms with Gasteiger partial charge in [-0.3, -0.25) is 9.36 Å². The zero-order valence-corrected chi connectivity index (χ0v) is 19.8. The Balaban J connectivity index is 1.41. The molecular weight excluding hydrogens is 489 g/mol. The molecule has 32 heavy (non-hydrogen) atoms. The van der Waals surface area contributed by atoms with Gasteiger partial charge in [0.15, 0.2) is 10.9 Å². The topological polar surface area (TPSA) is 77.0 Å². The standard InChI is InChI=1S/C21H17Cl2N5O2S2/c22-13-5-6-16(14(23)10-13)28-19(17-4-3-9-30-17)25-26-21(28)32-12-18-24-15(11-31-18)20(29)27-7-1-2-8-27/h3-6,9-11H,1-2,7-8,12H2. The molecule has 1 amide bonds. The molecule has 0 atom stereocenters. The van der Waals surface area contributed by atoms with Crippen LogP contribution in [0.5, 0.6) is 0 Å². The van der Waals surface area contributed by atoms with Crippen LogP contribution in [0.15, 0.2) is 51.5 Å². The molecule has 1 aliphatic heterocycles. The van der Waals surface area contributed by atoms with Crippen LogP contribution < -0.4 is 0 Å². The highest BCUT2D eigenvalue weighted by atomic mass is 35.5.